The number of carboxylic acids is 1. The molecule has 0 aliphatic carbocycles. The topological polar surface area (TPSA) is 92.7 Å². The van der Waals surface area contributed by atoms with E-state index < -0.39 is 23.9 Å². The van der Waals surface area contributed by atoms with Crippen LogP contribution in [0, 0.1) is 5.92 Å². The van der Waals surface area contributed by atoms with Crippen LogP contribution in [0.4, 0.5) is 0 Å². The molecular formula is C13H23NO5. The van der Waals surface area contributed by atoms with Crippen LogP contribution in [-0.4, -0.2) is 35.6 Å². The second-order valence-electron chi connectivity index (χ2n) is 4.70. The van der Waals surface area contributed by atoms with Crippen molar-refractivity contribution < 1.29 is 24.2 Å². The maximum absolute atomic E-state index is 11.8. The standard InChI is InChI=1S/C13H23NO5/c1-4-5-8-19-13(18)12(9(2)3)14-10(15)6-7-11(16)17/h9,12H,4-8H2,1-3H3,(H,14,15)(H,16,17). The van der Waals surface area contributed by atoms with E-state index in [0.717, 1.165) is 12.8 Å². The molecule has 0 rings (SSSR count). The molecule has 0 spiro atoms. The number of rotatable bonds is 9. The van der Waals surface area contributed by atoms with Crippen molar-refractivity contribution in [1.29, 1.82) is 0 Å². The Morgan fingerprint density at radius 3 is 2.32 bits per heavy atom. The van der Waals surface area contributed by atoms with Gasteiger partial charge in [-0.1, -0.05) is 27.2 Å². The highest BCUT2D eigenvalue weighted by Gasteiger charge is 2.25. The molecule has 0 aliphatic heterocycles. The third-order valence-corrected chi connectivity index (χ3v) is 2.55. The molecule has 0 aliphatic rings. The molecule has 0 radical (unpaired) electrons. The number of carbonyl (C=O) groups excluding carboxylic acids is 2. The van der Waals surface area contributed by atoms with Crippen LogP contribution in [0.25, 0.3) is 0 Å². The number of hydrogen-bond donors (Lipinski definition) is 2. The van der Waals surface area contributed by atoms with Crippen LogP contribution in [0.15, 0.2) is 0 Å². The minimum atomic E-state index is -1.04. The Labute approximate surface area is 113 Å². The van der Waals surface area contributed by atoms with Crippen molar-refractivity contribution in [2.45, 2.75) is 52.5 Å². The van der Waals surface area contributed by atoms with Gasteiger partial charge < -0.3 is 15.2 Å². The van der Waals surface area contributed by atoms with E-state index >= 15 is 0 Å². The first-order valence-electron chi connectivity index (χ1n) is 6.56. The van der Waals surface area contributed by atoms with E-state index in [1.165, 1.54) is 0 Å². The predicted octanol–water partition coefficient (Wildman–Crippen LogP) is 1.34. The summed E-state index contributed by atoms with van der Waals surface area (Å²) in [4.78, 5) is 33.7. The van der Waals surface area contributed by atoms with Crippen LogP contribution >= 0.6 is 0 Å². The van der Waals surface area contributed by atoms with Gasteiger partial charge in [-0.25, -0.2) is 4.79 Å². The summed E-state index contributed by atoms with van der Waals surface area (Å²) in [5, 5.41) is 11.0. The zero-order chi connectivity index (χ0) is 14.8. The van der Waals surface area contributed by atoms with Crippen molar-refractivity contribution in [3.63, 3.8) is 0 Å². The van der Waals surface area contributed by atoms with Gasteiger partial charge in [0.15, 0.2) is 0 Å². The monoisotopic (exact) mass is 273 g/mol. The van der Waals surface area contributed by atoms with Crippen molar-refractivity contribution in [1.82, 2.24) is 5.32 Å². The van der Waals surface area contributed by atoms with Crippen LogP contribution in [0.5, 0.6) is 0 Å². The summed E-state index contributed by atoms with van der Waals surface area (Å²) in [6, 6.07) is -0.724. The number of hydrogen-bond acceptors (Lipinski definition) is 4. The molecule has 0 aromatic rings. The highest BCUT2D eigenvalue weighted by atomic mass is 16.5. The fourth-order valence-electron chi connectivity index (χ4n) is 1.37. The highest BCUT2D eigenvalue weighted by molar-refractivity contribution is 5.86. The molecule has 110 valence electrons. The molecule has 0 bridgehead atoms. The molecular weight excluding hydrogens is 250 g/mol. The highest BCUT2D eigenvalue weighted by Crippen LogP contribution is 2.06. The second-order valence-corrected chi connectivity index (χ2v) is 4.70. The van der Waals surface area contributed by atoms with Gasteiger partial charge in [0, 0.05) is 6.42 Å². The third-order valence-electron chi connectivity index (χ3n) is 2.55. The van der Waals surface area contributed by atoms with Gasteiger partial charge >= 0.3 is 11.9 Å². The van der Waals surface area contributed by atoms with Gasteiger partial charge in [-0.3, -0.25) is 9.59 Å². The first-order valence-corrected chi connectivity index (χ1v) is 6.56. The summed E-state index contributed by atoms with van der Waals surface area (Å²) < 4.78 is 5.06. The lowest BCUT2D eigenvalue weighted by Crippen LogP contribution is -2.45. The third kappa shape index (κ3) is 8.18. The molecule has 6 heteroatoms. The van der Waals surface area contributed by atoms with Gasteiger partial charge in [0.1, 0.15) is 6.04 Å². The lowest BCUT2D eigenvalue weighted by molar-refractivity contribution is -0.149. The van der Waals surface area contributed by atoms with Gasteiger partial charge in [0.25, 0.3) is 0 Å². The Bertz CT molecular complexity index is 314. The number of amides is 1. The molecule has 1 unspecified atom stereocenters. The quantitative estimate of drug-likeness (QED) is 0.488. The van der Waals surface area contributed by atoms with E-state index in [2.05, 4.69) is 5.32 Å². The van der Waals surface area contributed by atoms with Crippen molar-refractivity contribution in [2.24, 2.45) is 5.92 Å². The number of unbranched alkanes of at least 4 members (excludes halogenated alkanes) is 1. The van der Waals surface area contributed by atoms with E-state index in [4.69, 9.17) is 9.84 Å². The van der Waals surface area contributed by atoms with Crippen LogP contribution in [0.3, 0.4) is 0 Å². The molecule has 2 N–H and O–H groups in total. The second kappa shape index (κ2) is 9.35. The molecule has 0 heterocycles. The summed E-state index contributed by atoms with van der Waals surface area (Å²) in [7, 11) is 0. The van der Waals surface area contributed by atoms with E-state index in [0.29, 0.717) is 6.61 Å². The molecule has 6 nitrogen and oxygen atoms in total. The Balaban J connectivity index is 4.28. The fourth-order valence-corrected chi connectivity index (χ4v) is 1.37. The molecule has 0 saturated carbocycles. The molecule has 19 heavy (non-hydrogen) atoms. The maximum atomic E-state index is 11.8. The minimum absolute atomic E-state index is 0.108. The smallest absolute Gasteiger partial charge is 0.328 e. The van der Waals surface area contributed by atoms with Gasteiger partial charge in [-0.15, -0.1) is 0 Å². The summed E-state index contributed by atoms with van der Waals surface area (Å²) in [6.45, 7) is 5.91. The van der Waals surface area contributed by atoms with Crippen LogP contribution in [-0.2, 0) is 19.1 Å². The first-order chi connectivity index (χ1) is 8.88. The number of carboxylic acid groups (broad SMARTS) is 1. The average Bonchev–Trinajstić information content (AvgIpc) is 2.33. The largest absolute Gasteiger partial charge is 0.481 e. The number of carbonyl (C=O) groups is 3. The normalized spacial score (nSPS) is 12.0. The number of aliphatic carboxylic acids is 1. The Morgan fingerprint density at radius 2 is 1.84 bits per heavy atom. The lowest BCUT2D eigenvalue weighted by Gasteiger charge is -2.20. The predicted molar refractivity (Wildman–Crippen MR) is 69.5 cm³/mol. The van der Waals surface area contributed by atoms with E-state index in [1.807, 2.05) is 6.92 Å². The van der Waals surface area contributed by atoms with Crippen molar-refractivity contribution in [2.75, 3.05) is 6.61 Å². The minimum Gasteiger partial charge on any atom is -0.481 e. The average molecular weight is 273 g/mol. The summed E-state index contributed by atoms with van der Waals surface area (Å²) >= 11 is 0. The van der Waals surface area contributed by atoms with Crippen molar-refractivity contribution in [3.05, 3.63) is 0 Å². The molecule has 1 atom stereocenters. The molecule has 0 aromatic heterocycles. The van der Waals surface area contributed by atoms with Crippen LogP contribution in [0.2, 0.25) is 0 Å². The van der Waals surface area contributed by atoms with Gasteiger partial charge in [0.2, 0.25) is 5.91 Å². The summed E-state index contributed by atoms with van der Waals surface area (Å²) in [5.74, 6) is -2.06. The molecule has 0 fully saturated rings. The first kappa shape index (κ1) is 17.4. The molecule has 0 aromatic carbocycles. The molecule has 0 saturated heterocycles. The summed E-state index contributed by atoms with van der Waals surface area (Å²) in [6.07, 6.45) is 1.32. The van der Waals surface area contributed by atoms with Gasteiger partial charge in [0.05, 0.1) is 13.0 Å². The number of nitrogens with one attached hydrogen (secondary N) is 1. The van der Waals surface area contributed by atoms with Crippen LogP contribution in [0.1, 0.15) is 46.5 Å². The van der Waals surface area contributed by atoms with Crippen LogP contribution < -0.4 is 5.32 Å². The van der Waals surface area contributed by atoms with Gasteiger partial charge in [-0.2, -0.15) is 0 Å². The van der Waals surface area contributed by atoms with Crippen molar-refractivity contribution in [3.8, 4) is 0 Å². The Kier molecular flexibility index (Phi) is 8.57. The van der Waals surface area contributed by atoms with Crippen molar-refractivity contribution >= 4 is 17.8 Å². The summed E-state index contributed by atoms with van der Waals surface area (Å²) in [5.41, 5.74) is 0. The maximum Gasteiger partial charge on any atom is 0.328 e. The zero-order valence-corrected chi connectivity index (χ0v) is 11.8. The number of esters is 1. The lowest BCUT2D eigenvalue weighted by atomic mass is 10.0. The van der Waals surface area contributed by atoms with E-state index in [9.17, 15) is 14.4 Å². The van der Waals surface area contributed by atoms with E-state index in [-0.39, 0.29) is 18.8 Å². The molecule has 1 amide bonds. The fraction of sp³-hybridized carbons (Fsp3) is 0.769. The Hall–Kier alpha value is -1.59. The van der Waals surface area contributed by atoms with Gasteiger partial charge in [-0.05, 0) is 12.3 Å². The zero-order valence-electron chi connectivity index (χ0n) is 11.8. The van der Waals surface area contributed by atoms with E-state index in [1.54, 1.807) is 13.8 Å². The Morgan fingerprint density at radius 1 is 1.21 bits per heavy atom. The SMILES string of the molecule is CCCCOC(=O)C(NC(=O)CCC(=O)O)C(C)C. The number of ether oxygens (including phenoxy) is 1.